The van der Waals surface area contributed by atoms with Crippen LogP contribution in [0.1, 0.15) is 6.42 Å². The van der Waals surface area contributed by atoms with Crippen LogP contribution in [0.5, 0.6) is 5.75 Å². The van der Waals surface area contributed by atoms with Gasteiger partial charge < -0.3 is 19.9 Å². The molecule has 3 heterocycles. The number of hydrogen-bond acceptors (Lipinski definition) is 7. The summed E-state index contributed by atoms with van der Waals surface area (Å²) in [5.41, 5.74) is 1.32. The minimum absolute atomic E-state index is 0.112. The number of fused-ring (bicyclic) bond motifs is 1. The van der Waals surface area contributed by atoms with Crippen LogP contribution in [0.3, 0.4) is 0 Å². The summed E-state index contributed by atoms with van der Waals surface area (Å²) in [5, 5.41) is 3.31. The number of piperazine rings is 1. The van der Waals surface area contributed by atoms with Gasteiger partial charge in [-0.25, -0.2) is 4.98 Å². The maximum Gasteiger partial charge on any atom is 0.264 e. The molecule has 33 heavy (non-hydrogen) atoms. The van der Waals surface area contributed by atoms with Gasteiger partial charge in [-0.2, -0.15) is 0 Å². The highest BCUT2D eigenvalue weighted by Crippen LogP contribution is 2.20. The van der Waals surface area contributed by atoms with Crippen LogP contribution in [-0.2, 0) is 11.3 Å². The molecule has 0 aliphatic carbocycles. The van der Waals surface area contributed by atoms with Crippen molar-refractivity contribution in [2.24, 2.45) is 0 Å². The normalized spacial score (nSPS) is 14.4. The number of nitrogens with one attached hydrogen (secondary N) is 2. The first kappa shape index (κ1) is 22.9. The van der Waals surface area contributed by atoms with Crippen molar-refractivity contribution >= 4 is 34.8 Å². The predicted octanol–water partition coefficient (Wildman–Crippen LogP) is 1.79. The number of carbonyl (C=O) groups is 1. The van der Waals surface area contributed by atoms with E-state index in [-0.39, 0.29) is 22.8 Å². The number of hydrogen-bond donors (Lipinski definition) is 2. The fourth-order valence-corrected chi connectivity index (χ4v) is 4.22. The first-order chi connectivity index (χ1) is 16.0. The van der Waals surface area contributed by atoms with Crippen molar-refractivity contribution in [3.8, 4) is 5.75 Å². The maximum absolute atomic E-state index is 12.6. The van der Waals surface area contributed by atoms with Crippen molar-refractivity contribution in [1.29, 1.82) is 0 Å². The third kappa shape index (κ3) is 5.58. The number of carbonyl (C=O) groups excluding carboxylic acids is 1. The number of rotatable bonds is 8. The molecule has 0 bridgehead atoms. The van der Waals surface area contributed by atoms with Gasteiger partial charge in [0.05, 0.1) is 12.5 Å². The summed E-state index contributed by atoms with van der Waals surface area (Å²) in [6.07, 6.45) is 2.43. The van der Waals surface area contributed by atoms with Gasteiger partial charge in [0, 0.05) is 44.6 Å². The number of H-pyrrole nitrogens is 1. The number of nitrogens with zero attached hydrogens (tertiary/aromatic N) is 4. The molecule has 0 saturated carbocycles. The topological polar surface area (TPSA) is 95.5 Å². The Morgan fingerprint density at radius 2 is 1.94 bits per heavy atom. The van der Waals surface area contributed by atoms with Gasteiger partial charge in [-0.15, -0.1) is 0 Å². The van der Waals surface area contributed by atoms with Gasteiger partial charge in [0.2, 0.25) is 5.91 Å². The monoisotopic (exact) mass is 468 g/mol. The zero-order chi connectivity index (χ0) is 23.2. The Morgan fingerprint density at radius 1 is 1.18 bits per heavy atom. The molecule has 3 aromatic rings. The lowest BCUT2D eigenvalue weighted by Gasteiger charge is -2.36. The van der Waals surface area contributed by atoms with Gasteiger partial charge in [0.25, 0.3) is 5.56 Å². The maximum atomic E-state index is 12.6. The van der Waals surface area contributed by atoms with E-state index >= 15 is 0 Å². The van der Waals surface area contributed by atoms with E-state index in [1.807, 2.05) is 12.1 Å². The molecule has 2 aromatic heterocycles. The van der Waals surface area contributed by atoms with E-state index in [1.54, 1.807) is 25.4 Å². The molecule has 1 amide bonds. The predicted molar refractivity (Wildman–Crippen MR) is 130 cm³/mol. The third-order valence-electron chi connectivity index (χ3n) is 5.84. The van der Waals surface area contributed by atoms with E-state index in [0.717, 1.165) is 44.9 Å². The van der Waals surface area contributed by atoms with E-state index in [2.05, 4.69) is 37.2 Å². The average molecular weight is 469 g/mol. The number of methoxy groups -OCH3 is 1. The van der Waals surface area contributed by atoms with Crippen LogP contribution < -0.4 is 20.5 Å². The van der Waals surface area contributed by atoms with E-state index in [9.17, 15) is 9.59 Å². The van der Waals surface area contributed by atoms with E-state index < -0.39 is 0 Å². The van der Waals surface area contributed by atoms with Gasteiger partial charge in [0.15, 0.2) is 4.77 Å². The Balaban J connectivity index is 1.20. The van der Waals surface area contributed by atoms with Gasteiger partial charge in [0.1, 0.15) is 17.9 Å². The summed E-state index contributed by atoms with van der Waals surface area (Å²) in [6.45, 7) is 5.26. The molecule has 0 spiro atoms. The van der Waals surface area contributed by atoms with Crippen LogP contribution in [-0.4, -0.2) is 71.7 Å². The lowest BCUT2D eigenvalue weighted by molar-refractivity contribution is -0.121. The number of amides is 1. The number of aromatic nitrogens is 3. The second-order valence-electron chi connectivity index (χ2n) is 7.95. The number of aromatic amines is 1. The number of benzene rings is 1. The molecule has 1 aliphatic heterocycles. The first-order valence-corrected chi connectivity index (χ1v) is 11.4. The molecule has 4 rings (SSSR count). The number of ether oxygens (including phenoxy) is 1. The summed E-state index contributed by atoms with van der Waals surface area (Å²) in [4.78, 5) is 36.8. The first-order valence-electron chi connectivity index (χ1n) is 11.0. The Kier molecular flexibility index (Phi) is 7.36. The molecule has 1 aliphatic rings. The van der Waals surface area contributed by atoms with Crippen LogP contribution in [0.4, 0.5) is 5.69 Å². The smallest absolute Gasteiger partial charge is 0.264 e. The zero-order valence-electron chi connectivity index (χ0n) is 18.6. The zero-order valence-corrected chi connectivity index (χ0v) is 19.4. The molecule has 9 nitrogen and oxygen atoms in total. The SMILES string of the molecule is COc1ccc(N2CCN(CCCNC(=O)Cn3c(=S)[nH]c4ncccc4c3=O)CC2)cc1. The molecule has 1 fully saturated rings. The van der Waals surface area contributed by atoms with E-state index in [4.69, 9.17) is 17.0 Å². The second-order valence-corrected chi connectivity index (χ2v) is 8.34. The van der Waals surface area contributed by atoms with Crippen molar-refractivity contribution < 1.29 is 9.53 Å². The minimum Gasteiger partial charge on any atom is -0.497 e. The summed E-state index contributed by atoms with van der Waals surface area (Å²) in [5.74, 6) is 0.633. The van der Waals surface area contributed by atoms with Crippen molar-refractivity contribution in [3.05, 3.63) is 57.7 Å². The fourth-order valence-electron chi connectivity index (χ4n) is 3.98. The summed E-state index contributed by atoms with van der Waals surface area (Å²) in [7, 11) is 1.67. The van der Waals surface area contributed by atoms with Crippen molar-refractivity contribution in [2.45, 2.75) is 13.0 Å². The van der Waals surface area contributed by atoms with Crippen molar-refractivity contribution in [3.63, 3.8) is 0 Å². The number of pyridine rings is 1. The molecule has 1 aromatic carbocycles. The highest BCUT2D eigenvalue weighted by molar-refractivity contribution is 7.71. The minimum atomic E-state index is -0.313. The molecular formula is C23H28N6O3S. The second kappa shape index (κ2) is 10.6. The number of anilines is 1. The molecule has 10 heteroatoms. The van der Waals surface area contributed by atoms with Crippen molar-refractivity contribution in [2.75, 3.05) is 51.3 Å². The highest BCUT2D eigenvalue weighted by Gasteiger charge is 2.17. The van der Waals surface area contributed by atoms with Crippen molar-refractivity contribution in [1.82, 2.24) is 24.8 Å². The molecule has 174 valence electrons. The Hall–Kier alpha value is -3.24. The molecule has 0 radical (unpaired) electrons. The molecule has 0 unspecified atom stereocenters. The van der Waals surface area contributed by atoms with E-state index in [1.165, 1.54) is 10.3 Å². The van der Waals surface area contributed by atoms with Crippen LogP contribution in [0.2, 0.25) is 0 Å². The quantitative estimate of drug-likeness (QED) is 0.384. The summed E-state index contributed by atoms with van der Waals surface area (Å²) in [6, 6.07) is 11.5. The Labute approximate surface area is 197 Å². The van der Waals surface area contributed by atoms with Crippen LogP contribution >= 0.6 is 12.2 Å². The summed E-state index contributed by atoms with van der Waals surface area (Å²) >= 11 is 5.23. The Morgan fingerprint density at radius 3 is 2.67 bits per heavy atom. The van der Waals surface area contributed by atoms with Gasteiger partial charge in [-0.05, 0) is 61.6 Å². The largest absolute Gasteiger partial charge is 0.497 e. The van der Waals surface area contributed by atoms with E-state index in [0.29, 0.717) is 17.6 Å². The lowest BCUT2D eigenvalue weighted by Crippen LogP contribution is -2.47. The average Bonchev–Trinajstić information content (AvgIpc) is 2.85. The third-order valence-corrected chi connectivity index (χ3v) is 6.16. The molecule has 2 N–H and O–H groups in total. The Bertz CT molecular complexity index is 1220. The van der Waals surface area contributed by atoms with Gasteiger partial charge >= 0.3 is 0 Å². The fraction of sp³-hybridized carbons (Fsp3) is 0.391. The standard InChI is InChI=1S/C23H28N6O3S/c1-32-18-7-5-17(6-8-18)28-14-12-27(13-15-28)11-3-10-24-20(30)16-29-22(31)19-4-2-9-25-21(19)26-23(29)33/h2,4-9H,3,10-16H2,1H3,(H,24,30)(H,25,26,33). The van der Waals surface area contributed by atoms with Gasteiger partial charge in [-0.1, -0.05) is 0 Å². The van der Waals surface area contributed by atoms with Gasteiger partial charge in [-0.3, -0.25) is 19.1 Å². The summed E-state index contributed by atoms with van der Waals surface area (Å²) < 4.78 is 6.69. The molecule has 0 atom stereocenters. The van der Waals surface area contributed by atoms with Crippen LogP contribution in [0.15, 0.2) is 47.4 Å². The molecular weight excluding hydrogens is 440 g/mol. The van der Waals surface area contributed by atoms with Crippen LogP contribution in [0, 0.1) is 4.77 Å². The highest BCUT2D eigenvalue weighted by atomic mass is 32.1. The van der Waals surface area contributed by atoms with Crippen LogP contribution in [0.25, 0.3) is 11.0 Å². The molecule has 1 saturated heterocycles. The lowest BCUT2D eigenvalue weighted by atomic mass is 10.2.